The Kier molecular flexibility index (Phi) is 5.24. The highest BCUT2D eigenvalue weighted by atomic mass is 16.6. The van der Waals surface area contributed by atoms with Gasteiger partial charge in [0.25, 0.3) is 0 Å². The standard InChI is InChI=1S/C27H26N2O7/c1-4-35-27(32)13-5-8-15(9-6-13)29-25(30)20-16-12-17(21(20)26(29)31)24-22(16)23(28-36-24)14-7-10-18(33-2)19(11-14)34-3/h5-11,16-17,20-22,24H,4,12H2,1-3H3/t16-,17-,20-,21-,22-,24+/m0/s1. The summed E-state index contributed by atoms with van der Waals surface area (Å²) in [4.78, 5) is 46.3. The van der Waals surface area contributed by atoms with Crippen molar-refractivity contribution in [3.63, 3.8) is 0 Å². The first kappa shape index (κ1) is 22.6. The van der Waals surface area contributed by atoms with Gasteiger partial charge in [-0.05, 0) is 61.7 Å². The van der Waals surface area contributed by atoms with Gasteiger partial charge in [0, 0.05) is 17.4 Å². The van der Waals surface area contributed by atoms with Crippen LogP contribution in [0, 0.1) is 29.6 Å². The minimum atomic E-state index is -0.440. The predicted molar refractivity (Wildman–Crippen MR) is 128 cm³/mol. The summed E-state index contributed by atoms with van der Waals surface area (Å²) in [6.07, 6.45) is 0.520. The van der Waals surface area contributed by atoms with Crippen LogP contribution in [0.1, 0.15) is 29.3 Å². The second-order valence-corrected chi connectivity index (χ2v) is 9.54. The van der Waals surface area contributed by atoms with E-state index in [-0.39, 0.29) is 42.3 Å². The van der Waals surface area contributed by atoms with Gasteiger partial charge >= 0.3 is 5.97 Å². The van der Waals surface area contributed by atoms with Crippen LogP contribution in [0.25, 0.3) is 0 Å². The van der Waals surface area contributed by atoms with Crippen molar-refractivity contribution in [2.24, 2.45) is 34.7 Å². The van der Waals surface area contributed by atoms with Gasteiger partial charge in [-0.1, -0.05) is 5.16 Å². The van der Waals surface area contributed by atoms with Gasteiger partial charge in [-0.2, -0.15) is 0 Å². The number of benzene rings is 2. The molecule has 2 aromatic carbocycles. The summed E-state index contributed by atoms with van der Waals surface area (Å²) in [5.74, 6) is -0.665. The largest absolute Gasteiger partial charge is 0.493 e. The molecule has 0 N–H and O–H groups in total. The zero-order valence-corrected chi connectivity index (χ0v) is 20.2. The van der Waals surface area contributed by atoms with Crippen LogP contribution in [0.2, 0.25) is 0 Å². The second-order valence-electron chi connectivity index (χ2n) is 9.54. The highest BCUT2D eigenvalue weighted by Crippen LogP contribution is 2.62. The summed E-state index contributed by atoms with van der Waals surface area (Å²) >= 11 is 0. The molecule has 2 aliphatic carbocycles. The van der Waals surface area contributed by atoms with E-state index in [4.69, 9.17) is 19.0 Å². The molecule has 6 atom stereocenters. The molecule has 36 heavy (non-hydrogen) atoms. The molecule has 9 heteroatoms. The van der Waals surface area contributed by atoms with Crippen molar-refractivity contribution in [2.75, 3.05) is 25.7 Å². The van der Waals surface area contributed by atoms with Crippen molar-refractivity contribution in [3.8, 4) is 11.5 Å². The first-order chi connectivity index (χ1) is 17.5. The fourth-order valence-corrected chi connectivity index (χ4v) is 6.58. The number of carbonyl (C=O) groups is 3. The Bertz CT molecular complexity index is 1290. The minimum absolute atomic E-state index is 0.0420. The van der Waals surface area contributed by atoms with Crippen LogP contribution in [-0.4, -0.2) is 50.4 Å². The van der Waals surface area contributed by atoms with Crippen molar-refractivity contribution in [1.82, 2.24) is 0 Å². The number of imide groups is 1. The van der Waals surface area contributed by atoms with Crippen molar-refractivity contribution < 1.29 is 33.4 Å². The predicted octanol–water partition coefficient (Wildman–Crippen LogP) is 3.06. The molecule has 2 saturated carbocycles. The minimum Gasteiger partial charge on any atom is -0.493 e. The maximum atomic E-state index is 13.6. The zero-order valence-electron chi connectivity index (χ0n) is 20.2. The number of hydrogen-bond acceptors (Lipinski definition) is 8. The van der Waals surface area contributed by atoms with Crippen LogP contribution < -0.4 is 14.4 Å². The molecule has 0 unspecified atom stereocenters. The summed E-state index contributed by atoms with van der Waals surface area (Å²) < 4.78 is 15.8. The lowest BCUT2D eigenvalue weighted by molar-refractivity contribution is -0.125. The lowest BCUT2D eigenvalue weighted by Crippen LogP contribution is -2.41. The normalized spacial score (nSPS) is 29.5. The maximum absolute atomic E-state index is 13.6. The second kappa shape index (κ2) is 8.36. The number of fused-ring (bicyclic) bond motifs is 8. The highest BCUT2D eigenvalue weighted by molar-refractivity contribution is 6.23. The van der Waals surface area contributed by atoms with Crippen LogP contribution in [0.15, 0.2) is 47.6 Å². The summed E-state index contributed by atoms with van der Waals surface area (Å²) in [6, 6.07) is 12.0. The molecule has 186 valence electrons. The van der Waals surface area contributed by atoms with E-state index in [1.165, 1.54) is 4.90 Å². The smallest absolute Gasteiger partial charge is 0.338 e. The molecule has 0 aromatic heterocycles. The van der Waals surface area contributed by atoms with Crippen LogP contribution >= 0.6 is 0 Å². The van der Waals surface area contributed by atoms with Gasteiger partial charge in [0.05, 0.1) is 49.6 Å². The monoisotopic (exact) mass is 490 g/mol. The van der Waals surface area contributed by atoms with Gasteiger partial charge < -0.3 is 19.0 Å². The number of esters is 1. The molecule has 0 radical (unpaired) electrons. The van der Waals surface area contributed by atoms with Crippen LogP contribution in [0.4, 0.5) is 5.69 Å². The lowest BCUT2D eigenvalue weighted by atomic mass is 9.71. The Morgan fingerprint density at radius 2 is 1.67 bits per heavy atom. The van der Waals surface area contributed by atoms with Crippen molar-refractivity contribution in [3.05, 3.63) is 53.6 Å². The molecule has 4 aliphatic rings. The van der Waals surface area contributed by atoms with E-state index in [1.54, 1.807) is 45.4 Å². The number of ether oxygens (including phenoxy) is 3. The van der Waals surface area contributed by atoms with Gasteiger partial charge in [-0.15, -0.1) is 0 Å². The molecule has 9 nitrogen and oxygen atoms in total. The Hall–Kier alpha value is -3.88. The van der Waals surface area contributed by atoms with E-state index >= 15 is 0 Å². The Morgan fingerprint density at radius 1 is 0.972 bits per heavy atom. The molecule has 2 amide bonds. The molecule has 2 aromatic rings. The number of oxime groups is 1. The first-order valence-electron chi connectivity index (χ1n) is 12.1. The third-order valence-corrected chi connectivity index (χ3v) is 8.01. The number of rotatable bonds is 6. The summed E-state index contributed by atoms with van der Waals surface area (Å²) in [6.45, 7) is 2.01. The number of nitrogens with zero attached hydrogens (tertiary/aromatic N) is 2. The van der Waals surface area contributed by atoms with Crippen LogP contribution in [0.3, 0.4) is 0 Å². The van der Waals surface area contributed by atoms with Crippen molar-refractivity contribution in [2.45, 2.75) is 19.4 Å². The van der Waals surface area contributed by atoms with Gasteiger partial charge in [0.1, 0.15) is 6.10 Å². The molecule has 3 fully saturated rings. The quantitative estimate of drug-likeness (QED) is 0.453. The third kappa shape index (κ3) is 3.08. The fraction of sp³-hybridized carbons (Fsp3) is 0.407. The molecular weight excluding hydrogens is 464 g/mol. The maximum Gasteiger partial charge on any atom is 0.338 e. The van der Waals surface area contributed by atoms with Crippen molar-refractivity contribution >= 4 is 29.2 Å². The molecule has 1 saturated heterocycles. The summed E-state index contributed by atoms with van der Waals surface area (Å²) in [5.41, 5.74) is 2.47. The number of hydrogen-bond donors (Lipinski definition) is 0. The van der Waals surface area contributed by atoms with E-state index < -0.39 is 17.8 Å². The number of carbonyl (C=O) groups excluding carboxylic acids is 3. The average molecular weight is 491 g/mol. The fourth-order valence-electron chi connectivity index (χ4n) is 6.58. The van der Waals surface area contributed by atoms with Crippen LogP contribution in [0.5, 0.6) is 11.5 Å². The molecule has 2 bridgehead atoms. The molecular formula is C27H26N2O7. The van der Waals surface area contributed by atoms with Crippen molar-refractivity contribution in [1.29, 1.82) is 0 Å². The molecule has 0 spiro atoms. The SMILES string of the molecule is CCOC(=O)c1ccc(N2C(=O)[C@H]3[C@@H]4C[C@H]([C@H]5C(c6ccc(OC)c(OC)c6)=NO[C@H]45)[C@@H]3C2=O)cc1. The zero-order chi connectivity index (χ0) is 25.1. The van der Waals surface area contributed by atoms with E-state index in [0.29, 0.717) is 22.7 Å². The van der Waals surface area contributed by atoms with E-state index in [2.05, 4.69) is 5.16 Å². The third-order valence-electron chi connectivity index (χ3n) is 8.01. The number of amides is 2. The number of methoxy groups -OCH3 is 2. The van der Waals surface area contributed by atoms with Gasteiger partial charge in [0.15, 0.2) is 11.5 Å². The topological polar surface area (TPSA) is 104 Å². The van der Waals surface area contributed by atoms with E-state index in [9.17, 15) is 14.4 Å². The number of anilines is 1. The Balaban J connectivity index is 1.27. The summed E-state index contributed by atoms with van der Waals surface area (Å²) in [5, 5.41) is 4.40. The van der Waals surface area contributed by atoms with Gasteiger partial charge in [-0.25, -0.2) is 4.79 Å². The molecule has 2 aliphatic heterocycles. The van der Waals surface area contributed by atoms with E-state index in [0.717, 1.165) is 17.7 Å². The molecule has 2 heterocycles. The van der Waals surface area contributed by atoms with Gasteiger partial charge in [0.2, 0.25) is 11.8 Å². The summed E-state index contributed by atoms with van der Waals surface area (Å²) in [7, 11) is 3.16. The Labute approximate surface area is 207 Å². The van der Waals surface area contributed by atoms with Crippen LogP contribution in [-0.2, 0) is 19.2 Å². The average Bonchev–Trinajstić information content (AvgIpc) is 3.64. The van der Waals surface area contributed by atoms with E-state index in [1.807, 2.05) is 18.2 Å². The molecule has 6 rings (SSSR count). The highest BCUT2D eigenvalue weighted by Gasteiger charge is 2.70. The Morgan fingerprint density at radius 3 is 2.33 bits per heavy atom. The first-order valence-corrected chi connectivity index (χ1v) is 12.1. The van der Waals surface area contributed by atoms with Gasteiger partial charge in [-0.3, -0.25) is 14.5 Å². The lowest BCUT2D eigenvalue weighted by Gasteiger charge is -2.29.